The number of aromatic nitrogens is 1. The van der Waals surface area contributed by atoms with Crippen molar-refractivity contribution in [1.29, 1.82) is 0 Å². The number of hydrogen-bond acceptors (Lipinski definition) is 4. The fraction of sp³-hybridized carbons (Fsp3) is 0.500. The molecule has 1 saturated heterocycles. The molecule has 1 aliphatic heterocycles. The average Bonchev–Trinajstić information content (AvgIpc) is 3.26. The van der Waals surface area contributed by atoms with Crippen molar-refractivity contribution in [1.82, 2.24) is 14.8 Å². The van der Waals surface area contributed by atoms with Crippen molar-refractivity contribution >= 4 is 50.4 Å². The normalized spacial score (nSPS) is 16.5. The van der Waals surface area contributed by atoms with E-state index in [1.165, 1.54) is 5.69 Å². The number of aryl methyl sites for hydroxylation is 1. The minimum Gasteiger partial charge on any atom is -0.444 e. The molecule has 41 heavy (non-hydrogen) atoms. The van der Waals surface area contributed by atoms with E-state index in [1.807, 2.05) is 62.1 Å². The number of halogens is 2. The summed E-state index contributed by atoms with van der Waals surface area (Å²) in [6, 6.07) is 15.8. The molecular weight excluding hydrogens is 606 g/mol. The average molecular weight is 647 g/mol. The van der Waals surface area contributed by atoms with Crippen molar-refractivity contribution < 1.29 is 19.1 Å². The zero-order valence-corrected chi connectivity index (χ0v) is 26.8. The fourth-order valence-corrected chi connectivity index (χ4v) is 5.97. The Balaban J connectivity index is 1.50. The first kappa shape index (κ1) is 31.4. The molecule has 0 aliphatic carbocycles. The maximum Gasteiger partial charge on any atom is 0.407 e. The molecule has 4 rings (SSSR count). The highest BCUT2D eigenvalue weighted by Crippen LogP contribution is 2.33. The van der Waals surface area contributed by atoms with Crippen LogP contribution >= 0.6 is 27.5 Å². The first-order valence-electron chi connectivity index (χ1n) is 14.3. The SMILES string of the molecule is COCCCn1c(C2CCCN(C(=O)C[C@@H](Cc3ccc(Br)cc3)NC(=O)OC(C)(C)C)C2)cc2ccc(Cl)cc21. The van der Waals surface area contributed by atoms with Gasteiger partial charge in [0.25, 0.3) is 0 Å². The molecule has 0 spiro atoms. The number of likely N-dealkylation sites (tertiary alicyclic amines) is 1. The van der Waals surface area contributed by atoms with Gasteiger partial charge in [0.2, 0.25) is 5.91 Å². The summed E-state index contributed by atoms with van der Waals surface area (Å²) >= 11 is 9.84. The minimum atomic E-state index is -0.623. The Kier molecular flexibility index (Phi) is 10.8. The van der Waals surface area contributed by atoms with Gasteiger partial charge in [-0.1, -0.05) is 45.7 Å². The molecule has 0 saturated carbocycles. The van der Waals surface area contributed by atoms with Gasteiger partial charge >= 0.3 is 6.09 Å². The van der Waals surface area contributed by atoms with Crippen LogP contribution < -0.4 is 5.32 Å². The minimum absolute atomic E-state index is 0.0398. The molecule has 2 atom stereocenters. The Hall–Kier alpha value is -2.55. The van der Waals surface area contributed by atoms with Gasteiger partial charge in [-0.2, -0.15) is 0 Å². The largest absolute Gasteiger partial charge is 0.444 e. The zero-order valence-electron chi connectivity index (χ0n) is 24.4. The van der Waals surface area contributed by atoms with Crippen molar-refractivity contribution in [2.45, 2.75) is 77.0 Å². The highest BCUT2D eigenvalue weighted by atomic mass is 79.9. The van der Waals surface area contributed by atoms with Crippen LogP contribution in [-0.2, 0) is 27.2 Å². The Morgan fingerprint density at radius 3 is 2.61 bits per heavy atom. The Morgan fingerprint density at radius 1 is 1.15 bits per heavy atom. The smallest absolute Gasteiger partial charge is 0.407 e. The van der Waals surface area contributed by atoms with Gasteiger partial charge in [-0.05, 0) is 87.7 Å². The Morgan fingerprint density at radius 2 is 1.90 bits per heavy atom. The third-order valence-electron chi connectivity index (χ3n) is 7.36. The van der Waals surface area contributed by atoms with E-state index in [-0.39, 0.29) is 24.3 Å². The molecule has 0 bridgehead atoms. The number of ether oxygens (including phenoxy) is 2. The summed E-state index contributed by atoms with van der Waals surface area (Å²) < 4.78 is 14.2. The van der Waals surface area contributed by atoms with E-state index in [1.54, 1.807) is 7.11 Å². The van der Waals surface area contributed by atoms with Gasteiger partial charge in [-0.25, -0.2) is 4.79 Å². The van der Waals surface area contributed by atoms with Crippen molar-refractivity contribution in [2.75, 3.05) is 26.8 Å². The lowest BCUT2D eigenvalue weighted by Crippen LogP contribution is -2.46. The number of benzene rings is 2. The van der Waals surface area contributed by atoms with Gasteiger partial charge in [0.1, 0.15) is 5.60 Å². The van der Waals surface area contributed by atoms with Gasteiger partial charge in [0, 0.05) is 72.4 Å². The molecule has 1 N–H and O–H groups in total. The summed E-state index contributed by atoms with van der Waals surface area (Å²) in [7, 11) is 1.72. The number of methoxy groups -OCH3 is 1. The molecule has 0 radical (unpaired) electrons. The van der Waals surface area contributed by atoms with E-state index in [0.717, 1.165) is 46.7 Å². The number of alkyl carbamates (subject to hydrolysis) is 1. The summed E-state index contributed by atoms with van der Waals surface area (Å²) in [4.78, 5) is 28.3. The second kappa shape index (κ2) is 14.1. The van der Waals surface area contributed by atoms with Gasteiger partial charge in [-0.3, -0.25) is 4.79 Å². The number of carbonyl (C=O) groups excluding carboxylic acids is 2. The molecule has 1 fully saturated rings. The standard InChI is InChI=1S/C32H41BrClN3O4/c1-32(2,3)41-31(39)35-27(17-22-8-11-25(33)12-9-22)20-30(38)36-14-5-7-24(21-36)28-18-23-10-13-26(34)19-29(23)37(28)15-6-16-40-4/h8-13,18-19,24,27H,5-7,14-17,20-21H2,1-4H3,(H,35,39)/t24?,27-/m1/s1. The van der Waals surface area contributed by atoms with Crippen LogP contribution in [0.1, 0.15) is 63.6 Å². The second-order valence-corrected chi connectivity index (χ2v) is 13.2. The molecule has 2 heterocycles. The molecule has 9 heteroatoms. The molecule has 1 aliphatic rings. The molecule has 2 aromatic carbocycles. The molecule has 2 amide bonds. The lowest BCUT2D eigenvalue weighted by Gasteiger charge is -2.34. The summed E-state index contributed by atoms with van der Waals surface area (Å²) in [6.07, 6.45) is 3.05. The van der Waals surface area contributed by atoms with E-state index in [4.69, 9.17) is 21.1 Å². The van der Waals surface area contributed by atoms with Crippen LogP contribution in [0.5, 0.6) is 0 Å². The summed E-state index contributed by atoms with van der Waals surface area (Å²) in [5.74, 6) is 0.253. The number of nitrogens with one attached hydrogen (secondary N) is 1. The van der Waals surface area contributed by atoms with E-state index >= 15 is 0 Å². The number of carbonyl (C=O) groups is 2. The lowest BCUT2D eigenvalue weighted by atomic mass is 9.93. The van der Waals surface area contributed by atoms with Crippen LogP contribution in [0.15, 0.2) is 53.0 Å². The molecule has 3 aromatic rings. The van der Waals surface area contributed by atoms with Crippen molar-refractivity contribution in [3.05, 3.63) is 69.3 Å². The van der Waals surface area contributed by atoms with Gasteiger partial charge in [0.15, 0.2) is 0 Å². The number of amides is 2. The van der Waals surface area contributed by atoms with Crippen molar-refractivity contribution in [3.63, 3.8) is 0 Å². The van der Waals surface area contributed by atoms with E-state index in [9.17, 15) is 9.59 Å². The first-order valence-corrected chi connectivity index (χ1v) is 15.5. The van der Waals surface area contributed by atoms with E-state index < -0.39 is 11.7 Å². The number of rotatable bonds is 10. The number of fused-ring (bicyclic) bond motifs is 1. The third-order valence-corrected chi connectivity index (χ3v) is 8.12. The number of piperidine rings is 1. The van der Waals surface area contributed by atoms with Gasteiger partial charge < -0.3 is 24.3 Å². The van der Waals surface area contributed by atoms with Crippen LogP contribution in [-0.4, -0.2) is 59.9 Å². The number of hydrogen-bond donors (Lipinski definition) is 1. The third kappa shape index (κ3) is 8.97. The molecule has 7 nitrogen and oxygen atoms in total. The summed E-state index contributed by atoms with van der Waals surface area (Å²) in [5.41, 5.74) is 2.76. The Bertz CT molecular complexity index is 1340. The molecule has 222 valence electrons. The second-order valence-electron chi connectivity index (χ2n) is 11.8. The Labute approximate surface area is 256 Å². The number of nitrogens with zero attached hydrogens (tertiary/aromatic N) is 2. The van der Waals surface area contributed by atoms with Crippen molar-refractivity contribution in [2.24, 2.45) is 0 Å². The van der Waals surface area contributed by atoms with Crippen LogP contribution in [0, 0.1) is 0 Å². The maximum absolute atomic E-state index is 13.7. The quantitative estimate of drug-likeness (QED) is 0.234. The molecule has 1 aromatic heterocycles. The van der Waals surface area contributed by atoms with Crippen LogP contribution in [0.3, 0.4) is 0 Å². The lowest BCUT2D eigenvalue weighted by molar-refractivity contribution is -0.132. The van der Waals surface area contributed by atoms with Crippen LogP contribution in [0.2, 0.25) is 5.02 Å². The predicted molar refractivity (Wildman–Crippen MR) is 168 cm³/mol. The summed E-state index contributed by atoms with van der Waals surface area (Å²) in [6.45, 7) is 8.35. The predicted octanol–water partition coefficient (Wildman–Crippen LogP) is 7.33. The van der Waals surface area contributed by atoms with Gasteiger partial charge in [-0.15, -0.1) is 0 Å². The molecular formula is C32H41BrClN3O4. The highest BCUT2D eigenvalue weighted by Gasteiger charge is 2.30. The molecule has 1 unspecified atom stereocenters. The monoisotopic (exact) mass is 645 g/mol. The zero-order chi connectivity index (χ0) is 29.6. The van der Waals surface area contributed by atoms with Crippen LogP contribution in [0.4, 0.5) is 4.79 Å². The first-order chi connectivity index (χ1) is 19.5. The van der Waals surface area contributed by atoms with E-state index in [0.29, 0.717) is 31.1 Å². The highest BCUT2D eigenvalue weighted by molar-refractivity contribution is 9.10. The van der Waals surface area contributed by atoms with Crippen LogP contribution in [0.25, 0.3) is 10.9 Å². The van der Waals surface area contributed by atoms with E-state index in [2.05, 4.69) is 37.9 Å². The fourth-order valence-electron chi connectivity index (χ4n) is 5.54. The van der Waals surface area contributed by atoms with Gasteiger partial charge in [0.05, 0.1) is 0 Å². The summed E-state index contributed by atoms with van der Waals surface area (Å²) in [5, 5.41) is 4.83. The topological polar surface area (TPSA) is 72.8 Å². The van der Waals surface area contributed by atoms with Crippen molar-refractivity contribution in [3.8, 4) is 0 Å². The maximum atomic E-state index is 13.7.